The molecule has 1 aromatic heterocycles. The lowest BCUT2D eigenvalue weighted by Crippen LogP contribution is -2.33. The van der Waals surface area contributed by atoms with Crippen molar-refractivity contribution in [3.05, 3.63) is 36.4 Å². The number of nitrogens with zero attached hydrogens (tertiary/aromatic N) is 4. The van der Waals surface area contributed by atoms with Gasteiger partial charge in [0.05, 0.1) is 0 Å². The number of aromatic nitrogens is 1. The van der Waals surface area contributed by atoms with Gasteiger partial charge in [0.2, 0.25) is 0 Å². The molecular formula is C16H21N7O2. The van der Waals surface area contributed by atoms with Crippen molar-refractivity contribution in [2.45, 2.75) is 0 Å². The fourth-order valence-corrected chi connectivity index (χ4v) is 1.82. The van der Waals surface area contributed by atoms with Crippen LogP contribution in [0, 0.1) is 0 Å². The van der Waals surface area contributed by atoms with Crippen molar-refractivity contribution in [3.63, 3.8) is 0 Å². The van der Waals surface area contributed by atoms with E-state index in [0.717, 1.165) is 0 Å². The SMILES string of the molecule is CN(C)CCNC(=O)Oc1ccccc1N=Nc1ccc(N)nc1N. The van der Waals surface area contributed by atoms with Crippen LogP contribution in [0.3, 0.4) is 0 Å². The minimum absolute atomic E-state index is 0.170. The third-order valence-electron chi connectivity index (χ3n) is 3.09. The van der Waals surface area contributed by atoms with Crippen LogP contribution in [0.2, 0.25) is 0 Å². The molecule has 0 unspecified atom stereocenters. The molecule has 9 nitrogen and oxygen atoms in total. The Morgan fingerprint density at radius 3 is 2.60 bits per heavy atom. The number of benzene rings is 1. The van der Waals surface area contributed by atoms with E-state index in [1.165, 1.54) is 0 Å². The van der Waals surface area contributed by atoms with Crippen molar-refractivity contribution in [1.82, 2.24) is 15.2 Å². The Bertz CT molecular complexity index is 762. The summed E-state index contributed by atoms with van der Waals surface area (Å²) in [5.74, 6) is 0.758. The number of nitrogen functional groups attached to an aromatic ring is 2. The highest BCUT2D eigenvalue weighted by Gasteiger charge is 2.09. The lowest BCUT2D eigenvalue weighted by Gasteiger charge is -2.11. The summed E-state index contributed by atoms with van der Waals surface area (Å²) in [5, 5.41) is 10.8. The fourth-order valence-electron chi connectivity index (χ4n) is 1.82. The van der Waals surface area contributed by atoms with E-state index < -0.39 is 6.09 Å². The number of likely N-dealkylation sites (N-methyl/N-ethyl adjacent to an activating group) is 1. The van der Waals surface area contributed by atoms with E-state index in [1.54, 1.807) is 36.4 Å². The van der Waals surface area contributed by atoms with Crippen molar-refractivity contribution >= 4 is 29.1 Å². The Morgan fingerprint density at radius 1 is 1.16 bits per heavy atom. The van der Waals surface area contributed by atoms with Crippen LogP contribution in [0.5, 0.6) is 5.75 Å². The third-order valence-corrected chi connectivity index (χ3v) is 3.09. The van der Waals surface area contributed by atoms with Crippen molar-refractivity contribution in [2.24, 2.45) is 10.2 Å². The van der Waals surface area contributed by atoms with E-state index >= 15 is 0 Å². The van der Waals surface area contributed by atoms with E-state index in [2.05, 4.69) is 20.5 Å². The molecule has 0 atom stereocenters. The van der Waals surface area contributed by atoms with Crippen LogP contribution in [0.25, 0.3) is 0 Å². The Balaban J connectivity index is 2.07. The molecule has 0 saturated carbocycles. The van der Waals surface area contributed by atoms with Crippen LogP contribution < -0.4 is 21.5 Å². The Kier molecular flexibility index (Phi) is 6.24. The molecule has 0 bridgehead atoms. The number of nitrogens with one attached hydrogen (secondary N) is 1. The number of rotatable bonds is 6. The molecule has 5 N–H and O–H groups in total. The fraction of sp³-hybridized carbons (Fsp3) is 0.250. The van der Waals surface area contributed by atoms with Gasteiger partial charge in [-0.1, -0.05) is 12.1 Å². The quantitative estimate of drug-likeness (QED) is 0.690. The summed E-state index contributed by atoms with van der Waals surface area (Å²) in [6.07, 6.45) is -0.557. The zero-order chi connectivity index (χ0) is 18.2. The molecule has 2 rings (SSSR count). The van der Waals surface area contributed by atoms with Gasteiger partial charge in [0, 0.05) is 13.1 Å². The minimum atomic E-state index is -0.557. The number of amides is 1. The first kappa shape index (κ1) is 18.1. The topological polar surface area (TPSA) is 131 Å². The average Bonchev–Trinajstić information content (AvgIpc) is 2.55. The van der Waals surface area contributed by atoms with Crippen LogP contribution in [0.15, 0.2) is 46.6 Å². The summed E-state index contributed by atoms with van der Waals surface area (Å²) in [6, 6.07) is 9.98. The summed E-state index contributed by atoms with van der Waals surface area (Å²) < 4.78 is 5.28. The molecule has 1 heterocycles. The van der Waals surface area contributed by atoms with Gasteiger partial charge >= 0.3 is 6.09 Å². The standard InChI is InChI=1S/C16H21N7O2/c1-23(2)10-9-19-16(24)25-13-6-4-3-5-11(13)21-22-12-7-8-14(17)20-15(12)18/h3-8H,9-10H2,1-2H3,(H,19,24)(H4,17,18,20). The number of carbonyl (C=O) groups excluding carboxylic acids is 1. The molecular weight excluding hydrogens is 322 g/mol. The first-order chi connectivity index (χ1) is 12.0. The second-order valence-electron chi connectivity index (χ2n) is 5.43. The molecule has 0 spiro atoms. The first-order valence-corrected chi connectivity index (χ1v) is 7.59. The molecule has 1 amide bonds. The summed E-state index contributed by atoms with van der Waals surface area (Å²) in [4.78, 5) is 17.7. The average molecular weight is 343 g/mol. The number of hydrogen-bond acceptors (Lipinski definition) is 8. The number of pyridine rings is 1. The smallest absolute Gasteiger partial charge is 0.408 e. The van der Waals surface area contributed by atoms with Crippen molar-refractivity contribution in [3.8, 4) is 5.75 Å². The molecule has 0 fully saturated rings. The molecule has 2 aromatic rings. The third kappa shape index (κ3) is 5.74. The molecule has 132 valence electrons. The van der Waals surface area contributed by atoms with Crippen LogP contribution >= 0.6 is 0 Å². The molecule has 9 heteroatoms. The number of ether oxygens (including phenoxy) is 1. The highest BCUT2D eigenvalue weighted by Crippen LogP contribution is 2.30. The van der Waals surface area contributed by atoms with Gasteiger partial charge in [0.25, 0.3) is 0 Å². The van der Waals surface area contributed by atoms with Crippen molar-refractivity contribution in [2.75, 3.05) is 38.7 Å². The Morgan fingerprint density at radius 2 is 1.88 bits per heavy atom. The van der Waals surface area contributed by atoms with E-state index in [9.17, 15) is 4.79 Å². The molecule has 0 aliphatic heterocycles. The Hall–Kier alpha value is -3.20. The zero-order valence-corrected chi connectivity index (χ0v) is 14.1. The highest BCUT2D eigenvalue weighted by molar-refractivity contribution is 5.72. The molecule has 1 aromatic carbocycles. The van der Waals surface area contributed by atoms with Crippen LogP contribution in [-0.4, -0.2) is 43.2 Å². The van der Waals surface area contributed by atoms with Crippen LogP contribution in [-0.2, 0) is 0 Å². The van der Waals surface area contributed by atoms with Crippen molar-refractivity contribution < 1.29 is 9.53 Å². The van der Waals surface area contributed by atoms with E-state index in [4.69, 9.17) is 16.2 Å². The summed E-state index contributed by atoms with van der Waals surface area (Å²) in [7, 11) is 3.83. The maximum absolute atomic E-state index is 11.8. The normalized spacial score (nSPS) is 11.0. The first-order valence-electron chi connectivity index (χ1n) is 7.59. The maximum Gasteiger partial charge on any atom is 0.412 e. The second kappa shape index (κ2) is 8.60. The molecule has 0 radical (unpaired) electrons. The van der Waals surface area contributed by atoms with Gasteiger partial charge in [-0.05, 0) is 38.4 Å². The van der Waals surface area contributed by atoms with Gasteiger partial charge in [-0.25, -0.2) is 9.78 Å². The summed E-state index contributed by atoms with van der Waals surface area (Å²) in [5.41, 5.74) is 12.0. The van der Waals surface area contributed by atoms with Gasteiger partial charge in [-0.15, -0.1) is 10.2 Å². The number of para-hydroxylation sites is 1. The highest BCUT2D eigenvalue weighted by atomic mass is 16.6. The van der Waals surface area contributed by atoms with Crippen LogP contribution in [0.1, 0.15) is 0 Å². The van der Waals surface area contributed by atoms with Gasteiger partial charge in [-0.3, -0.25) is 0 Å². The number of azo groups is 1. The Labute approximate surface area is 145 Å². The lowest BCUT2D eigenvalue weighted by atomic mass is 10.3. The van der Waals surface area contributed by atoms with Gasteiger partial charge < -0.3 is 26.4 Å². The molecule has 0 aliphatic rings. The largest absolute Gasteiger partial charge is 0.412 e. The van der Waals surface area contributed by atoms with E-state index in [-0.39, 0.29) is 11.6 Å². The minimum Gasteiger partial charge on any atom is -0.408 e. The van der Waals surface area contributed by atoms with Crippen molar-refractivity contribution in [1.29, 1.82) is 0 Å². The van der Waals surface area contributed by atoms with Crippen LogP contribution in [0.4, 0.5) is 27.8 Å². The predicted molar refractivity (Wildman–Crippen MR) is 96.3 cm³/mol. The van der Waals surface area contributed by atoms with Gasteiger partial charge in [0.1, 0.15) is 17.2 Å². The number of hydrogen-bond donors (Lipinski definition) is 3. The van der Waals surface area contributed by atoms with Gasteiger partial charge in [0.15, 0.2) is 11.6 Å². The zero-order valence-electron chi connectivity index (χ0n) is 14.1. The lowest BCUT2D eigenvalue weighted by molar-refractivity contribution is 0.199. The maximum atomic E-state index is 11.8. The van der Waals surface area contributed by atoms with E-state index in [1.807, 2.05) is 19.0 Å². The summed E-state index contributed by atoms with van der Waals surface area (Å²) >= 11 is 0. The second-order valence-corrected chi connectivity index (χ2v) is 5.43. The number of anilines is 2. The number of carbonyl (C=O) groups is 1. The predicted octanol–water partition coefficient (Wildman–Crippen LogP) is 2.31. The number of nitrogens with two attached hydrogens (primary N) is 2. The summed E-state index contributed by atoms with van der Waals surface area (Å²) in [6.45, 7) is 1.18. The monoisotopic (exact) mass is 343 g/mol. The molecule has 0 saturated heterocycles. The molecule has 25 heavy (non-hydrogen) atoms. The molecule has 0 aliphatic carbocycles. The van der Waals surface area contributed by atoms with E-state index in [0.29, 0.717) is 30.3 Å². The van der Waals surface area contributed by atoms with Gasteiger partial charge in [-0.2, -0.15) is 0 Å².